The van der Waals surface area contributed by atoms with Crippen molar-refractivity contribution >= 4 is 0 Å². The third kappa shape index (κ3) is 0.859. The molecule has 0 amide bonds. The Morgan fingerprint density at radius 3 is 3.40 bits per heavy atom. The molecule has 1 aliphatic carbocycles. The second-order valence-corrected chi connectivity index (χ2v) is 3.29. The van der Waals surface area contributed by atoms with Crippen LogP contribution in [0.4, 0.5) is 0 Å². The molecule has 0 saturated carbocycles. The van der Waals surface area contributed by atoms with E-state index in [1.165, 1.54) is 12.8 Å². The Balaban J connectivity index is 2.14. The maximum absolute atomic E-state index is 3.35. The van der Waals surface area contributed by atoms with E-state index in [0.717, 1.165) is 5.92 Å². The van der Waals surface area contributed by atoms with Crippen molar-refractivity contribution in [1.29, 1.82) is 0 Å². The van der Waals surface area contributed by atoms with Crippen LogP contribution in [0, 0.1) is 5.92 Å². The third-order valence-electron chi connectivity index (χ3n) is 2.45. The molecule has 10 heavy (non-hydrogen) atoms. The van der Waals surface area contributed by atoms with Crippen LogP contribution < -0.4 is 5.32 Å². The highest BCUT2D eigenvalue weighted by molar-refractivity contribution is 5.16. The monoisotopic (exact) mass is 135 g/mol. The zero-order valence-electron chi connectivity index (χ0n) is 6.30. The predicted octanol–water partition coefficient (Wildman–Crippen LogP) is 1.83. The summed E-state index contributed by atoms with van der Waals surface area (Å²) in [6, 6.07) is 0.712. The molecule has 0 saturated heterocycles. The normalized spacial score (nSPS) is 36.7. The maximum Gasteiger partial charge on any atom is 0.0356 e. The molecule has 0 bridgehead atoms. The Morgan fingerprint density at radius 1 is 1.60 bits per heavy atom. The van der Waals surface area contributed by atoms with E-state index in [9.17, 15) is 0 Å². The van der Waals surface area contributed by atoms with Crippen molar-refractivity contribution in [3.63, 3.8) is 0 Å². The van der Waals surface area contributed by atoms with Gasteiger partial charge in [-0.05, 0) is 26.0 Å². The number of allylic oxidation sites excluding steroid dienone is 1. The summed E-state index contributed by atoms with van der Waals surface area (Å²) in [6.07, 6.45) is 9.21. The molecule has 1 N–H and O–H groups in total. The highest BCUT2D eigenvalue weighted by Crippen LogP contribution is 2.27. The topological polar surface area (TPSA) is 12.0 Å². The number of hydrogen-bond donors (Lipinski definition) is 1. The van der Waals surface area contributed by atoms with Gasteiger partial charge in [-0.15, -0.1) is 0 Å². The molecule has 0 aromatic heterocycles. The van der Waals surface area contributed by atoms with E-state index in [0.29, 0.717) is 6.04 Å². The summed E-state index contributed by atoms with van der Waals surface area (Å²) in [5.41, 5.74) is 1.55. The smallest absolute Gasteiger partial charge is 0.0356 e. The molecule has 2 unspecified atom stereocenters. The van der Waals surface area contributed by atoms with Crippen LogP contribution >= 0.6 is 0 Å². The molecule has 2 rings (SSSR count). The predicted molar refractivity (Wildman–Crippen MR) is 42.5 cm³/mol. The largest absolute Gasteiger partial charge is 0.387 e. The highest BCUT2D eigenvalue weighted by Gasteiger charge is 2.24. The first-order chi connectivity index (χ1) is 4.86. The van der Waals surface area contributed by atoms with Gasteiger partial charge in [0.05, 0.1) is 0 Å². The van der Waals surface area contributed by atoms with Gasteiger partial charge in [0.2, 0.25) is 0 Å². The van der Waals surface area contributed by atoms with Gasteiger partial charge in [0.15, 0.2) is 0 Å². The summed E-state index contributed by atoms with van der Waals surface area (Å²) in [6.45, 7) is 2.22. The SMILES string of the molecule is CC1=CCC2NC=CC2C1. The number of nitrogens with one attached hydrogen (secondary N) is 1. The second kappa shape index (κ2) is 2.15. The van der Waals surface area contributed by atoms with Crippen LogP contribution in [0.25, 0.3) is 0 Å². The van der Waals surface area contributed by atoms with Crippen molar-refractivity contribution < 1.29 is 0 Å². The van der Waals surface area contributed by atoms with Crippen molar-refractivity contribution in [2.45, 2.75) is 25.8 Å². The zero-order chi connectivity index (χ0) is 6.97. The van der Waals surface area contributed by atoms with Gasteiger partial charge in [0, 0.05) is 12.0 Å². The minimum Gasteiger partial charge on any atom is -0.387 e. The van der Waals surface area contributed by atoms with Crippen molar-refractivity contribution in [3.05, 3.63) is 23.9 Å². The quantitative estimate of drug-likeness (QED) is 0.500. The molecule has 0 aromatic rings. The van der Waals surface area contributed by atoms with Gasteiger partial charge in [0.25, 0.3) is 0 Å². The molecule has 2 aliphatic rings. The molecular formula is C9H13N. The fourth-order valence-corrected chi connectivity index (χ4v) is 1.80. The van der Waals surface area contributed by atoms with Gasteiger partial charge in [-0.2, -0.15) is 0 Å². The lowest BCUT2D eigenvalue weighted by atomic mass is 9.87. The average Bonchev–Trinajstić information content (AvgIpc) is 2.33. The van der Waals surface area contributed by atoms with Crippen LogP contribution in [0.3, 0.4) is 0 Å². The van der Waals surface area contributed by atoms with E-state index in [1.54, 1.807) is 5.57 Å². The first-order valence-electron chi connectivity index (χ1n) is 3.94. The minimum absolute atomic E-state index is 0.712. The standard InChI is InChI=1S/C9H13N/c1-7-2-3-9-8(6-7)4-5-10-9/h2,4-5,8-10H,3,6H2,1H3. The Hall–Kier alpha value is -0.720. The molecule has 0 radical (unpaired) electrons. The van der Waals surface area contributed by atoms with Gasteiger partial charge < -0.3 is 5.32 Å². The Labute approximate surface area is 61.8 Å². The van der Waals surface area contributed by atoms with Crippen LogP contribution in [0.2, 0.25) is 0 Å². The molecular weight excluding hydrogens is 122 g/mol. The van der Waals surface area contributed by atoms with Gasteiger partial charge in [0.1, 0.15) is 0 Å². The zero-order valence-corrected chi connectivity index (χ0v) is 6.30. The molecule has 54 valence electrons. The van der Waals surface area contributed by atoms with E-state index in [4.69, 9.17) is 0 Å². The lowest BCUT2D eigenvalue weighted by molar-refractivity contribution is 0.461. The Bertz CT molecular complexity index is 191. The number of fused-ring (bicyclic) bond motifs is 1. The van der Waals surface area contributed by atoms with Gasteiger partial charge in [-0.3, -0.25) is 0 Å². The van der Waals surface area contributed by atoms with Crippen molar-refractivity contribution in [1.82, 2.24) is 5.32 Å². The highest BCUT2D eigenvalue weighted by atomic mass is 14.9. The fraction of sp³-hybridized carbons (Fsp3) is 0.556. The van der Waals surface area contributed by atoms with Gasteiger partial charge >= 0.3 is 0 Å². The van der Waals surface area contributed by atoms with Crippen LogP contribution in [0.5, 0.6) is 0 Å². The van der Waals surface area contributed by atoms with Crippen molar-refractivity contribution in [3.8, 4) is 0 Å². The fourth-order valence-electron chi connectivity index (χ4n) is 1.80. The van der Waals surface area contributed by atoms with Crippen molar-refractivity contribution in [2.24, 2.45) is 5.92 Å². The van der Waals surface area contributed by atoms with E-state index >= 15 is 0 Å². The second-order valence-electron chi connectivity index (χ2n) is 3.29. The van der Waals surface area contributed by atoms with Crippen molar-refractivity contribution in [2.75, 3.05) is 0 Å². The summed E-state index contributed by atoms with van der Waals surface area (Å²) in [7, 11) is 0. The minimum atomic E-state index is 0.712. The van der Waals surface area contributed by atoms with Gasteiger partial charge in [-0.25, -0.2) is 0 Å². The van der Waals surface area contributed by atoms with Gasteiger partial charge in [-0.1, -0.05) is 17.7 Å². The summed E-state index contributed by atoms with van der Waals surface area (Å²) < 4.78 is 0. The lowest BCUT2D eigenvalue weighted by Crippen LogP contribution is -2.28. The van der Waals surface area contributed by atoms with E-state index in [-0.39, 0.29) is 0 Å². The molecule has 1 nitrogen and oxygen atoms in total. The number of hydrogen-bond acceptors (Lipinski definition) is 1. The summed E-state index contributed by atoms with van der Waals surface area (Å²) in [5.74, 6) is 0.782. The Kier molecular flexibility index (Phi) is 1.30. The first-order valence-corrected chi connectivity index (χ1v) is 3.94. The van der Waals surface area contributed by atoms with Crippen LogP contribution in [-0.2, 0) is 0 Å². The maximum atomic E-state index is 3.35. The third-order valence-corrected chi connectivity index (χ3v) is 2.45. The molecule has 0 fully saturated rings. The molecule has 1 heterocycles. The van der Waals surface area contributed by atoms with E-state index < -0.39 is 0 Å². The van der Waals surface area contributed by atoms with Crippen LogP contribution in [0.1, 0.15) is 19.8 Å². The molecule has 2 atom stereocenters. The average molecular weight is 135 g/mol. The number of rotatable bonds is 0. The summed E-state index contributed by atoms with van der Waals surface area (Å²) in [4.78, 5) is 0. The van der Waals surface area contributed by atoms with E-state index in [1.807, 2.05) is 0 Å². The summed E-state index contributed by atoms with van der Waals surface area (Å²) in [5, 5.41) is 3.35. The van der Waals surface area contributed by atoms with Crippen LogP contribution in [0.15, 0.2) is 23.9 Å². The van der Waals surface area contributed by atoms with Crippen LogP contribution in [-0.4, -0.2) is 6.04 Å². The lowest BCUT2D eigenvalue weighted by Gasteiger charge is -2.23. The van der Waals surface area contributed by atoms with E-state index in [2.05, 4.69) is 30.6 Å². The molecule has 1 aliphatic heterocycles. The summed E-state index contributed by atoms with van der Waals surface area (Å²) >= 11 is 0. The first kappa shape index (κ1) is 6.02. The Morgan fingerprint density at radius 2 is 2.50 bits per heavy atom. The molecule has 0 spiro atoms. The molecule has 1 heteroatoms. The molecule has 0 aromatic carbocycles.